The first-order valence-corrected chi connectivity index (χ1v) is 5.99. The highest BCUT2D eigenvalue weighted by Crippen LogP contribution is 2.08. The summed E-state index contributed by atoms with van der Waals surface area (Å²) in [6.07, 6.45) is 4.42. The number of nitrogens with one attached hydrogen (secondary N) is 2. The molecule has 17 heavy (non-hydrogen) atoms. The van der Waals surface area contributed by atoms with Crippen LogP contribution in [0.15, 0.2) is 36.0 Å². The van der Waals surface area contributed by atoms with Crippen molar-refractivity contribution in [3.63, 3.8) is 0 Å². The van der Waals surface area contributed by atoms with Crippen molar-refractivity contribution in [1.29, 1.82) is 5.26 Å². The van der Waals surface area contributed by atoms with Crippen LogP contribution in [0.25, 0.3) is 0 Å². The first kappa shape index (κ1) is 11.7. The zero-order chi connectivity index (χ0) is 11.9. The normalized spacial score (nSPS) is 15.1. The first-order valence-electron chi connectivity index (χ1n) is 5.99. The summed E-state index contributed by atoms with van der Waals surface area (Å²) in [6.45, 7) is 3.00. The minimum Gasteiger partial charge on any atom is -0.387 e. The molecule has 0 atom stereocenters. The van der Waals surface area contributed by atoms with Crippen LogP contribution in [-0.2, 0) is 6.54 Å². The smallest absolute Gasteiger partial charge is 0.0991 e. The molecule has 2 N–H and O–H groups in total. The van der Waals surface area contributed by atoms with Gasteiger partial charge >= 0.3 is 0 Å². The Morgan fingerprint density at radius 2 is 1.94 bits per heavy atom. The Balaban J connectivity index is 1.83. The van der Waals surface area contributed by atoms with Crippen LogP contribution >= 0.6 is 0 Å². The van der Waals surface area contributed by atoms with Gasteiger partial charge in [0, 0.05) is 6.54 Å². The van der Waals surface area contributed by atoms with Gasteiger partial charge in [-0.05, 0) is 49.8 Å². The second-order valence-corrected chi connectivity index (χ2v) is 4.24. The average molecular weight is 227 g/mol. The molecule has 0 bridgehead atoms. The monoisotopic (exact) mass is 227 g/mol. The molecular weight excluding hydrogens is 210 g/mol. The molecule has 1 aliphatic heterocycles. The Morgan fingerprint density at radius 3 is 2.59 bits per heavy atom. The predicted octanol–water partition coefficient (Wildman–Crippen LogP) is 1.92. The Hall–Kier alpha value is -1.79. The number of rotatable bonds is 3. The highest BCUT2D eigenvalue weighted by atomic mass is 14.9. The molecule has 1 saturated heterocycles. The van der Waals surface area contributed by atoms with Gasteiger partial charge in [-0.3, -0.25) is 0 Å². The van der Waals surface area contributed by atoms with Crippen molar-refractivity contribution in [2.45, 2.75) is 19.4 Å². The average Bonchev–Trinajstić information content (AvgIpc) is 2.41. The molecule has 88 valence electrons. The molecule has 3 heteroatoms. The number of hydrogen-bond acceptors (Lipinski definition) is 3. The van der Waals surface area contributed by atoms with Crippen molar-refractivity contribution in [2.75, 3.05) is 13.1 Å². The largest absolute Gasteiger partial charge is 0.387 e. The van der Waals surface area contributed by atoms with Crippen LogP contribution in [0.2, 0.25) is 0 Å². The second-order valence-electron chi connectivity index (χ2n) is 4.24. The van der Waals surface area contributed by atoms with E-state index in [4.69, 9.17) is 5.26 Å². The molecule has 3 nitrogen and oxygen atoms in total. The van der Waals surface area contributed by atoms with E-state index in [1.165, 1.54) is 11.1 Å². The van der Waals surface area contributed by atoms with E-state index in [-0.39, 0.29) is 0 Å². The quantitative estimate of drug-likeness (QED) is 0.829. The van der Waals surface area contributed by atoms with Gasteiger partial charge in [0.25, 0.3) is 0 Å². The topological polar surface area (TPSA) is 47.9 Å². The van der Waals surface area contributed by atoms with Crippen LogP contribution in [0.1, 0.15) is 24.0 Å². The molecule has 1 aromatic rings. The highest BCUT2D eigenvalue weighted by Gasteiger charge is 2.03. The summed E-state index contributed by atoms with van der Waals surface area (Å²) >= 11 is 0. The van der Waals surface area contributed by atoms with Crippen LogP contribution < -0.4 is 10.6 Å². The third-order valence-electron chi connectivity index (χ3n) is 2.94. The molecule has 0 spiro atoms. The molecule has 0 unspecified atom stereocenters. The lowest BCUT2D eigenvalue weighted by Gasteiger charge is -2.15. The predicted molar refractivity (Wildman–Crippen MR) is 68.2 cm³/mol. The minimum absolute atomic E-state index is 0.713. The Morgan fingerprint density at radius 1 is 1.24 bits per heavy atom. The zero-order valence-corrected chi connectivity index (χ0v) is 9.87. The Kier molecular flexibility index (Phi) is 4.17. The van der Waals surface area contributed by atoms with E-state index in [0.717, 1.165) is 32.5 Å². The molecule has 0 aromatic heterocycles. The summed E-state index contributed by atoms with van der Waals surface area (Å²) in [5, 5.41) is 15.4. The maximum absolute atomic E-state index is 8.69. The molecule has 1 heterocycles. The number of piperidine rings is 1. The maximum Gasteiger partial charge on any atom is 0.0991 e. The van der Waals surface area contributed by atoms with Gasteiger partial charge in [-0.15, -0.1) is 0 Å². The van der Waals surface area contributed by atoms with Crippen LogP contribution in [-0.4, -0.2) is 13.1 Å². The molecule has 0 radical (unpaired) electrons. The molecule has 1 aromatic carbocycles. The molecular formula is C14H17N3. The van der Waals surface area contributed by atoms with Crippen molar-refractivity contribution in [1.82, 2.24) is 10.6 Å². The number of hydrogen-bond donors (Lipinski definition) is 2. The van der Waals surface area contributed by atoms with Crippen molar-refractivity contribution < 1.29 is 0 Å². The van der Waals surface area contributed by atoms with E-state index < -0.39 is 0 Å². The fraction of sp³-hybridized carbons (Fsp3) is 0.357. The number of nitriles is 1. The summed E-state index contributed by atoms with van der Waals surface area (Å²) in [7, 11) is 0. The van der Waals surface area contributed by atoms with Crippen LogP contribution in [0.3, 0.4) is 0 Å². The van der Waals surface area contributed by atoms with Gasteiger partial charge in [-0.1, -0.05) is 17.7 Å². The molecule has 0 saturated carbocycles. The summed E-state index contributed by atoms with van der Waals surface area (Å²) in [4.78, 5) is 0. The third kappa shape index (κ3) is 3.61. The SMILES string of the molecule is N#Cc1ccc(CNC=C2CCNCC2)cc1. The van der Waals surface area contributed by atoms with Crippen LogP contribution in [0.5, 0.6) is 0 Å². The lowest BCUT2D eigenvalue weighted by molar-refractivity contribution is 0.603. The van der Waals surface area contributed by atoms with Gasteiger partial charge in [0.2, 0.25) is 0 Å². The van der Waals surface area contributed by atoms with E-state index in [1.54, 1.807) is 0 Å². The summed E-state index contributed by atoms with van der Waals surface area (Å²) < 4.78 is 0. The van der Waals surface area contributed by atoms with E-state index in [0.29, 0.717) is 5.56 Å². The molecule has 1 aliphatic rings. The van der Waals surface area contributed by atoms with Gasteiger partial charge in [0.15, 0.2) is 0 Å². The van der Waals surface area contributed by atoms with Crippen LogP contribution in [0, 0.1) is 11.3 Å². The van der Waals surface area contributed by atoms with Gasteiger partial charge in [-0.2, -0.15) is 5.26 Å². The van der Waals surface area contributed by atoms with Crippen molar-refractivity contribution >= 4 is 0 Å². The van der Waals surface area contributed by atoms with Crippen molar-refractivity contribution in [2.24, 2.45) is 0 Å². The van der Waals surface area contributed by atoms with E-state index >= 15 is 0 Å². The molecule has 2 rings (SSSR count). The van der Waals surface area contributed by atoms with Crippen molar-refractivity contribution in [3.05, 3.63) is 47.2 Å². The minimum atomic E-state index is 0.713. The van der Waals surface area contributed by atoms with Gasteiger partial charge in [-0.25, -0.2) is 0 Å². The standard InChI is InChI=1S/C14H17N3/c15-9-12-1-3-13(4-2-12)10-17-11-14-5-7-16-8-6-14/h1-4,11,16-17H,5-8,10H2. The zero-order valence-electron chi connectivity index (χ0n) is 9.87. The highest BCUT2D eigenvalue weighted by molar-refractivity contribution is 5.31. The third-order valence-corrected chi connectivity index (χ3v) is 2.94. The summed E-state index contributed by atoms with van der Waals surface area (Å²) in [5.41, 5.74) is 3.40. The van der Waals surface area contributed by atoms with E-state index in [9.17, 15) is 0 Å². The lowest BCUT2D eigenvalue weighted by atomic mass is 10.1. The van der Waals surface area contributed by atoms with Crippen molar-refractivity contribution in [3.8, 4) is 6.07 Å². The number of nitrogens with zero attached hydrogens (tertiary/aromatic N) is 1. The first-order chi connectivity index (χ1) is 8.38. The van der Waals surface area contributed by atoms with Gasteiger partial charge in [0.1, 0.15) is 0 Å². The van der Waals surface area contributed by atoms with Gasteiger partial charge in [0.05, 0.1) is 11.6 Å². The van der Waals surface area contributed by atoms with E-state index in [1.807, 2.05) is 24.3 Å². The summed E-state index contributed by atoms with van der Waals surface area (Å²) in [6, 6.07) is 9.82. The summed E-state index contributed by atoms with van der Waals surface area (Å²) in [5.74, 6) is 0. The van der Waals surface area contributed by atoms with E-state index in [2.05, 4.69) is 22.9 Å². The van der Waals surface area contributed by atoms with Crippen LogP contribution in [0.4, 0.5) is 0 Å². The molecule has 1 fully saturated rings. The lowest BCUT2D eigenvalue weighted by Crippen LogP contribution is -2.24. The fourth-order valence-corrected chi connectivity index (χ4v) is 1.90. The Labute approximate surface area is 102 Å². The number of benzene rings is 1. The Bertz CT molecular complexity index is 418. The van der Waals surface area contributed by atoms with Gasteiger partial charge < -0.3 is 10.6 Å². The molecule has 0 amide bonds. The maximum atomic E-state index is 8.69. The fourth-order valence-electron chi connectivity index (χ4n) is 1.90. The molecule has 0 aliphatic carbocycles. The second kappa shape index (κ2) is 6.07.